The lowest BCUT2D eigenvalue weighted by Gasteiger charge is -2.36. The van der Waals surface area contributed by atoms with E-state index in [-0.39, 0.29) is 11.4 Å². The molecule has 0 saturated carbocycles. The zero-order valence-corrected chi connectivity index (χ0v) is 13.4. The van der Waals surface area contributed by atoms with Gasteiger partial charge in [-0.1, -0.05) is 30.3 Å². The number of piperazine rings is 1. The molecule has 0 radical (unpaired) electrons. The molecule has 0 N–H and O–H groups in total. The molecule has 124 valence electrons. The highest BCUT2D eigenvalue weighted by Crippen LogP contribution is 2.17. The van der Waals surface area contributed by atoms with E-state index in [1.807, 2.05) is 18.2 Å². The molecule has 1 aromatic rings. The molecular weight excluding hydrogens is 308 g/mol. The smallest absolute Gasteiger partial charge is 0.350 e. The van der Waals surface area contributed by atoms with Gasteiger partial charge in [-0.25, -0.2) is 4.79 Å². The number of ether oxygens (including phenoxy) is 1. The number of hydrogen-bond acceptors (Lipinski definition) is 6. The van der Waals surface area contributed by atoms with Crippen molar-refractivity contribution in [1.82, 2.24) is 9.80 Å². The van der Waals surface area contributed by atoms with Crippen LogP contribution in [0.1, 0.15) is 5.56 Å². The van der Waals surface area contributed by atoms with E-state index in [0.29, 0.717) is 13.1 Å². The molecule has 0 bridgehead atoms. The van der Waals surface area contributed by atoms with Crippen molar-refractivity contribution >= 4 is 5.97 Å². The molecular formula is C16H18N6O2. The highest BCUT2D eigenvalue weighted by molar-refractivity contribution is 5.93. The molecule has 0 spiro atoms. The van der Waals surface area contributed by atoms with Crippen molar-refractivity contribution in [2.75, 3.05) is 33.3 Å². The van der Waals surface area contributed by atoms with Gasteiger partial charge in [-0.2, -0.15) is 5.26 Å². The molecule has 8 heteroatoms. The van der Waals surface area contributed by atoms with Crippen molar-refractivity contribution in [2.24, 2.45) is 5.11 Å². The van der Waals surface area contributed by atoms with Crippen molar-refractivity contribution in [3.05, 3.63) is 57.7 Å². The summed E-state index contributed by atoms with van der Waals surface area (Å²) < 4.78 is 4.58. The number of nitrogens with zero attached hydrogens (tertiary/aromatic N) is 6. The van der Waals surface area contributed by atoms with Crippen LogP contribution in [0.5, 0.6) is 0 Å². The van der Waals surface area contributed by atoms with E-state index < -0.39 is 5.97 Å². The molecule has 8 nitrogen and oxygen atoms in total. The summed E-state index contributed by atoms with van der Waals surface area (Å²) >= 11 is 0. The summed E-state index contributed by atoms with van der Waals surface area (Å²) in [5.74, 6) is -0.766. The topological polar surface area (TPSA) is 105 Å². The fourth-order valence-corrected chi connectivity index (χ4v) is 2.56. The first-order chi connectivity index (χ1) is 11.7. The van der Waals surface area contributed by atoms with Crippen LogP contribution in [0.4, 0.5) is 0 Å². The summed E-state index contributed by atoms with van der Waals surface area (Å²) in [6, 6.07) is 11.9. The normalized spacial score (nSPS) is 15.8. The number of azide groups is 1. The van der Waals surface area contributed by atoms with E-state index in [4.69, 9.17) is 5.53 Å². The van der Waals surface area contributed by atoms with Crippen LogP contribution >= 0.6 is 0 Å². The van der Waals surface area contributed by atoms with E-state index in [2.05, 4.69) is 31.8 Å². The molecule has 0 unspecified atom stereocenters. The standard InChI is InChI=1S/C16H18N6O2/c1-24-16(23)14(11-17)15(19-20-18)22-9-7-21(8-10-22)12-13-5-3-2-4-6-13/h2-6H,7-10,12H2,1H3/b15-14+. The van der Waals surface area contributed by atoms with Crippen LogP contribution in [0.25, 0.3) is 10.4 Å². The maximum absolute atomic E-state index is 11.7. The van der Waals surface area contributed by atoms with Gasteiger partial charge in [0.1, 0.15) is 11.9 Å². The minimum atomic E-state index is -0.799. The quantitative estimate of drug-likeness (QED) is 0.205. The number of esters is 1. The lowest BCUT2D eigenvalue weighted by molar-refractivity contribution is -0.135. The summed E-state index contributed by atoms with van der Waals surface area (Å²) in [4.78, 5) is 18.4. The van der Waals surface area contributed by atoms with E-state index in [1.54, 1.807) is 11.0 Å². The second kappa shape index (κ2) is 8.58. The molecule has 1 heterocycles. The predicted octanol–water partition coefficient (Wildman–Crippen LogP) is 2.02. The predicted molar refractivity (Wildman–Crippen MR) is 87.1 cm³/mol. The molecule has 0 atom stereocenters. The number of carbonyl (C=O) groups excluding carboxylic acids is 1. The Morgan fingerprint density at radius 1 is 1.33 bits per heavy atom. The van der Waals surface area contributed by atoms with Gasteiger partial charge in [0, 0.05) is 37.6 Å². The molecule has 24 heavy (non-hydrogen) atoms. The van der Waals surface area contributed by atoms with E-state index in [1.165, 1.54) is 12.7 Å². The van der Waals surface area contributed by atoms with Gasteiger partial charge in [-0.3, -0.25) is 4.90 Å². The van der Waals surface area contributed by atoms with Gasteiger partial charge in [-0.05, 0) is 16.2 Å². The Morgan fingerprint density at radius 2 is 2.00 bits per heavy atom. The third-order valence-electron chi connectivity index (χ3n) is 3.79. The van der Waals surface area contributed by atoms with Crippen molar-refractivity contribution in [1.29, 1.82) is 5.26 Å². The van der Waals surface area contributed by atoms with Gasteiger partial charge in [0.05, 0.1) is 7.11 Å². The van der Waals surface area contributed by atoms with Gasteiger partial charge >= 0.3 is 5.97 Å². The third-order valence-corrected chi connectivity index (χ3v) is 3.79. The highest BCUT2D eigenvalue weighted by atomic mass is 16.5. The minimum Gasteiger partial charge on any atom is -0.465 e. The second-order valence-corrected chi connectivity index (χ2v) is 5.24. The van der Waals surface area contributed by atoms with Gasteiger partial charge in [0.2, 0.25) is 0 Å². The number of nitriles is 1. The Bertz CT molecular complexity index is 695. The van der Waals surface area contributed by atoms with Gasteiger partial charge in [-0.15, -0.1) is 0 Å². The number of carbonyl (C=O) groups is 1. The van der Waals surface area contributed by atoms with Crippen molar-refractivity contribution in [3.8, 4) is 6.07 Å². The van der Waals surface area contributed by atoms with E-state index in [0.717, 1.165) is 19.6 Å². The number of benzene rings is 1. The lowest BCUT2D eigenvalue weighted by atomic mass is 10.2. The first-order valence-electron chi connectivity index (χ1n) is 7.48. The summed E-state index contributed by atoms with van der Waals surface area (Å²) in [6.45, 7) is 3.42. The van der Waals surface area contributed by atoms with Gasteiger partial charge < -0.3 is 9.64 Å². The Kier molecular flexibility index (Phi) is 6.20. The Hall–Kier alpha value is -3.01. The van der Waals surface area contributed by atoms with Crippen LogP contribution in [-0.4, -0.2) is 49.1 Å². The van der Waals surface area contributed by atoms with Gasteiger partial charge in [0.25, 0.3) is 0 Å². The van der Waals surface area contributed by atoms with Crippen LogP contribution in [0, 0.1) is 11.3 Å². The first kappa shape index (κ1) is 17.3. The molecule has 1 aliphatic heterocycles. The zero-order chi connectivity index (χ0) is 17.4. The Balaban J connectivity index is 2.08. The average molecular weight is 326 g/mol. The SMILES string of the molecule is COC(=O)/C(C#N)=C(\N=[N+]=[N-])N1CCN(Cc2ccccc2)CC1. The van der Waals surface area contributed by atoms with E-state index in [9.17, 15) is 10.1 Å². The molecule has 1 aliphatic rings. The third kappa shape index (κ3) is 4.26. The maximum Gasteiger partial charge on any atom is 0.350 e. The average Bonchev–Trinajstić information content (AvgIpc) is 2.63. The van der Waals surface area contributed by atoms with Crippen LogP contribution < -0.4 is 0 Å². The molecule has 1 aromatic carbocycles. The molecule has 0 aromatic heterocycles. The fraction of sp³-hybridized carbons (Fsp3) is 0.375. The van der Waals surface area contributed by atoms with Crippen molar-refractivity contribution in [3.63, 3.8) is 0 Å². The second-order valence-electron chi connectivity index (χ2n) is 5.24. The largest absolute Gasteiger partial charge is 0.465 e. The fourth-order valence-electron chi connectivity index (χ4n) is 2.56. The molecule has 1 fully saturated rings. The zero-order valence-electron chi connectivity index (χ0n) is 13.4. The molecule has 0 amide bonds. The van der Waals surface area contributed by atoms with Crippen LogP contribution in [0.3, 0.4) is 0 Å². The van der Waals surface area contributed by atoms with Gasteiger partial charge in [0.15, 0.2) is 5.57 Å². The summed E-state index contributed by atoms with van der Waals surface area (Å²) in [5.41, 5.74) is 9.69. The summed E-state index contributed by atoms with van der Waals surface area (Å²) in [7, 11) is 1.19. The van der Waals surface area contributed by atoms with Crippen LogP contribution in [0.2, 0.25) is 0 Å². The number of rotatable bonds is 5. The maximum atomic E-state index is 11.7. The molecule has 0 aliphatic carbocycles. The van der Waals surface area contributed by atoms with Crippen LogP contribution in [-0.2, 0) is 16.1 Å². The van der Waals surface area contributed by atoms with Crippen LogP contribution in [0.15, 0.2) is 46.8 Å². The first-order valence-corrected chi connectivity index (χ1v) is 7.48. The van der Waals surface area contributed by atoms with Crippen molar-refractivity contribution in [2.45, 2.75) is 6.54 Å². The number of hydrogen-bond donors (Lipinski definition) is 0. The highest BCUT2D eigenvalue weighted by Gasteiger charge is 2.24. The summed E-state index contributed by atoms with van der Waals surface area (Å²) in [5, 5.41) is 12.7. The Labute approximate surface area is 140 Å². The summed E-state index contributed by atoms with van der Waals surface area (Å²) in [6.07, 6.45) is 0. The van der Waals surface area contributed by atoms with E-state index >= 15 is 0 Å². The monoisotopic (exact) mass is 326 g/mol. The lowest BCUT2D eigenvalue weighted by Crippen LogP contribution is -2.45. The molecule has 2 rings (SSSR count). The minimum absolute atomic E-state index is 0.0335. The van der Waals surface area contributed by atoms with Crippen molar-refractivity contribution < 1.29 is 9.53 Å². The number of methoxy groups -OCH3 is 1. The molecule has 1 saturated heterocycles. The Morgan fingerprint density at radius 3 is 2.54 bits per heavy atom.